The number of halogens is 4. The van der Waals surface area contributed by atoms with Crippen LogP contribution in [-0.4, -0.2) is 11.8 Å². The monoisotopic (exact) mass is 452 g/mol. The highest BCUT2D eigenvalue weighted by Crippen LogP contribution is 2.27. The molecular formula is C20H12Cl4N2O2. The lowest BCUT2D eigenvalue weighted by Crippen LogP contribution is -2.17. The third-order valence-corrected chi connectivity index (χ3v) is 4.87. The molecule has 2 N–H and O–H groups in total. The number of rotatable bonds is 4. The topological polar surface area (TPSA) is 58.2 Å². The first kappa shape index (κ1) is 20.5. The predicted octanol–water partition coefficient (Wildman–Crippen LogP) is 6.80. The number of para-hydroxylation sites is 2. The van der Waals surface area contributed by atoms with E-state index in [1.54, 1.807) is 36.4 Å². The number of hydrogen-bond acceptors (Lipinski definition) is 2. The molecule has 3 aromatic rings. The van der Waals surface area contributed by atoms with Crippen LogP contribution in [0.5, 0.6) is 0 Å². The van der Waals surface area contributed by atoms with Gasteiger partial charge in [-0.15, -0.1) is 0 Å². The van der Waals surface area contributed by atoms with Crippen LogP contribution >= 0.6 is 46.4 Å². The zero-order valence-electron chi connectivity index (χ0n) is 14.1. The second-order valence-electron chi connectivity index (χ2n) is 5.70. The van der Waals surface area contributed by atoms with E-state index in [4.69, 9.17) is 46.4 Å². The molecule has 0 spiro atoms. The summed E-state index contributed by atoms with van der Waals surface area (Å²) >= 11 is 23.9. The fourth-order valence-electron chi connectivity index (χ4n) is 2.43. The molecule has 4 nitrogen and oxygen atoms in total. The van der Waals surface area contributed by atoms with Gasteiger partial charge in [-0.25, -0.2) is 0 Å². The van der Waals surface area contributed by atoms with Crippen LogP contribution in [0.25, 0.3) is 0 Å². The van der Waals surface area contributed by atoms with Crippen molar-refractivity contribution in [2.45, 2.75) is 0 Å². The summed E-state index contributed by atoms with van der Waals surface area (Å²) < 4.78 is 0. The van der Waals surface area contributed by atoms with Crippen LogP contribution in [0.2, 0.25) is 20.1 Å². The van der Waals surface area contributed by atoms with Gasteiger partial charge in [0.25, 0.3) is 11.8 Å². The summed E-state index contributed by atoms with van der Waals surface area (Å²) in [4.78, 5) is 25.1. The van der Waals surface area contributed by atoms with E-state index in [-0.39, 0.29) is 21.2 Å². The van der Waals surface area contributed by atoms with Crippen LogP contribution in [0.15, 0.2) is 60.7 Å². The van der Waals surface area contributed by atoms with Gasteiger partial charge in [-0.3, -0.25) is 9.59 Å². The molecule has 28 heavy (non-hydrogen) atoms. The average Bonchev–Trinajstić information content (AvgIpc) is 2.63. The van der Waals surface area contributed by atoms with E-state index in [0.29, 0.717) is 21.4 Å². The van der Waals surface area contributed by atoms with Gasteiger partial charge < -0.3 is 10.6 Å². The molecule has 0 aliphatic rings. The molecule has 0 aromatic heterocycles. The van der Waals surface area contributed by atoms with Crippen molar-refractivity contribution in [1.82, 2.24) is 0 Å². The average molecular weight is 454 g/mol. The molecular weight excluding hydrogens is 442 g/mol. The van der Waals surface area contributed by atoms with Crippen molar-refractivity contribution in [3.8, 4) is 0 Å². The van der Waals surface area contributed by atoms with E-state index in [9.17, 15) is 9.59 Å². The van der Waals surface area contributed by atoms with E-state index >= 15 is 0 Å². The Balaban J connectivity index is 1.83. The highest BCUT2D eigenvalue weighted by Gasteiger charge is 2.16. The Morgan fingerprint density at radius 1 is 0.607 bits per heavy atom. The van der Waals surface area contributed by atoms with E-state index in [2.05, 4.69) is 10.6 Å². The van der Waals surface area contributed by atoms with E-state index in [1.807, 2.05) is 0 Å². The van der Waals surface area contributed by atoms with E-state index < -0.39 is 11.8 Å². The molecule has 0 saturated carbocycles. The maximum Gasteiger partial charge on any atom is 0.257 e. The fourth-order valence-corrected chi connectivity index (χ4v) is 3.42. The molecule has 0 unspecified atom stereocenters. The Labute approximate surface area is 181 Å². The minimum atomic E-state index is -0.437. The summed E-state index contributed by atoms with van der Waals surface area (Å²) in [7, 11) is 0. The maximum atomic E-state index is 12.6. The number of nitrogens with one attached hydrogen (secondary N) is 2. The van der Waals surface area contributed by atoms with Crippen molar-refractivity contribution in [2.24, 2.45) is 0 Å². The Hall–Kier alpha value is -2.24. The SMILES string of the molecule is O=C(Nc1ccccc1NC(=O)c1ccc(Cl)cc1Cl)c1ccc(Cl)cc1Cl. The molecule has 0 bridgehead atoms. The maximum absolute atomic E-state index is 12.6. The van der Waals surface area contributed by atoms with Crippen LogP contribution in [0.1, 0.15) is 20.7 Å². The smallest absolute Gasteiger partial charge is 0.257 e. The van der Waals surface area contributed by atoms with Gasteiger partial charge in [0, 0.05) is 10.0 Å². The first-order valence-electron chi connectivity index (χ1n) is 7.97. The second-order valence-corrected chi connectivity index (χ2v) is 7.39. The normalized spacial score (nSPS) is 10.4. The summed E-state index contributed by atoms with van der Waals surface area (Å²) in [6, 6.07) is 15.9. The van der Waals surface area contributed by atoms with Crippen molar-refractivity contribution in [2.75, 3.05) is 10.6 Å². The number of anilines is 2. The van der Waals surface area contributed by atoms with Gasteiger partial charge in [-0.2, -0.15) is 0 Å². The van der Waals surface area contributed by atoms with Crippen molar-refractivity contribution >= 4 is 69.6 Å². The second kappa shape index (κ2) is 8.84. The van der Waals surface area contributed by atoms with Gasteiger partial charge in [0.15, 0.2) is 0 Å². The zero-order valence-corrected chi connectivity index (χ0v) is 17.1. The Bertz CT molecular complexity index is 985. The summed E-state index contributed by atoms with van der Waals surface area (Å²) in [5, 5.41) is 6.76. The molecule has 3 rings (SSSR count). The number of carbonyl (C=O) groups is 2. The molecule has 0 atom stereocenters. The minimum absolute atomic E-state index is 0.222. The lowest BCUT2D eigenvalue weighted by atomic mass is 10.1. The quantitative estimate of drug-likeness (QED) is 0.456. The Morgan fingerprint density at radius 2 is 1.00 bits per heavy atom. The molecule has 0 aliphatic carbocycles. The summed E-state index contributed by atoms with van der Waals surface area (Å²) in [5.41, 5.74) is 1.31. The number of amides is 2. The van der Waals surface area contributed by atoms with Crippen LogP contribution in [0.4, 0.5) is 11.4 Å². The minimum Gasteiger partial charge on any atom is -0.320 e. The van der Waals surface area contributed by atoms with Crippen LogP contribution in [0.3, 0.4) is 0 Å². The van der Waals surface area contributed by atoms with Gasteiger partial charge in [0.2, 0.25) is 0 Å². The van der Waals surface area contributed by atoms with Gasteiger partial charge >= 0.3 is 0 Å². The lowest BCUT2D eigenvalue weighted by Gasteiger charge is -2.13. The van der Waals surface area contributed by atoms with Crippen LogP contribution in [-0.2, 0) is 0 Å². The largest absolute Gasteiger partial charge is 0.320 e. The number of benzene rings is 3. The van der Waals surface area contributed by atoms with E-state index in [0.717, 1.165) is 0 Å². The first-order chi connectivity index (χ1) is 13.3. The molecule has 142 valence electrons. The predicted molar refractivity (Wildman–Crippen MR) is 115 cm³/mol. The molecule has 0 aliphatic heterocycles. The Kier molecular flexibility index (Phi) is 6.47. The molecule has 8 heteroatoms. The molecule has 3 aromatic carbocycles. The highest BCUT2D eigenvalue weighted by atomic mass is 35.5. The summed E-state index contributed by atoms with van der Waals surface area (Å²) in [6.07, 6.45) is 0. The van der Waals surface area contributed by atoms with Gasteiger partial charge in [-0.1, -0.05) is 58.5 Å². The van der Waals surface area contributed by atoms with Crippen molar-refractivity contribution in [1.29, 1.82) is 0 Å². The summed E-state index contributed by atoms with van der Waals surface area (Å²) in [6.45, 7) is 0. The third kappa shape index (κ3) is 4.78. The number of hydrogen-bond donors (Lipinski definition) is 2. The zero-order chi connectivity index (χ0) is 20.3. The van der Waals surface area contributed by atoms with E-state index in [1.165, 1.54) is 24.3 Å². The van der Waals surface area contributed by atoms with Crippen molar-refractivity contribution in [3.63, 3.8) is 0 Å². The fraction of sp³-hybridized carbons (Fsp3) is 0. The molecule has 0 fully saturated rings. The standard InChI is InChI=1S/C20H12Cl4N2O2/c21-11-5-7-13(15(23)9-11)19(27)25-17-3-1-2-4-18(17)26-20(28)14-8-6-12(22)10-16(14)24/h1-10H,(H,25,27)(H,26,28). The molecule has 2 amide bonds. The van der Waals surface area contributed by atoms with Gasteiger partial charge in [0.05, 0.1) is 32.5 Å². The van der Waals surface area contributed by atoms with Crippen LogP contribution < -0.4 is 10.6 Å². The van der Waals surface area contributed by atoms with Gasteiger partial charge in [-0.05, 0) is 48.5 Å². The first-order valence-corrected chi connectivity index (χ1v) is 9.48. The highest BCUT2D eigenvalue weighted by molar-refractivity contribution is 6.38. The third-order valence-electron chi connectivity index (χ3n) is 3.77. The molecule has 0 radical (unpaired) electrons. The molecule has 0 heterocycles. The lowest BCUT2D eigenvalue weighted by molar-refractivity contribution is 0.101. The number of carbonyl (C=O) groups excluding carboxylic acids is 2. The Morgan fingerprint density at radius 3 is 1.36 bits per heavy atom. The van der Waals surface area contributed by atoms with Crippen molar-refractivity contribution in [3.05, 3.63) is 91.9 Å². The summed E-state index contributed by atoms with van der Waals surface area (Å²) in [5.74, 6) is -0.874. The van der Waals surface area contributed by atoms with Gasteiger partial charge in [0.1, 0.15) is 0 Å². The van der Waals surface area contributed by atoms with Crippen molar-refractivity contribution < 1.29 is 9.59 Å². The molecule has 0 saturated heterocycles. The van der Waals surface area contributed by atoms with Crippen LogP contribution in [0, 0.1) is 0 Å².